The van der Waals surface area contributed by atoms with E-state index in [0.717, 1.165) is 10.7 Å². The van der Waals surface area contributed by atoms with Crippen molar-refractivity contribution in [1.82, 2.24) is 10.2 Å². The highest BCUT2D eigenvalue weighted by Gasteiger charge is 2.25. The molecule has 0 aliphatic carbocycles. The topological polar surface area (TPSA) is 63.8 Å². The molecule has 2 rings (SSSR count). The van der Waals surface area contributed by atoms with Crippen molar-refractivity contribution >= 4 is 16.5 Å². The number of aromatic nitrogens is 2. The predicted octanol–water partition coefficient (Wildman–Crippen LogP) is 1.82. The van der Waals surface area contributed by atoms with Gasteiger partial charge in [0.25, 0.3) is 0 Å². The third-order valence-electron chi connectivity index (χ3n) is 2.56. The lowest BCUT2D eigenvalue weighted by atomic mass is 9.92. The maximum atomic E-state index is 5.85. The van der Waals surface area contributed by atoms with Gasteiger partial charge in [-0.2, -0.15) is 0 Å². The van der Waals surface area contributed by atoms with Crippen LogP contribution >= 0.6 is 11.3 Å². The smallest absolute Gasteiger partial charge is 0.206 e. The molecule has 0 aliphatic rings. The Morgan fingerprint density at radius 1 is 1.38 bits per heavy atom. The van der Waals surface area contributed by atoms with Gasteiger partial charge in [0, 0.05) is 6.54 Å². The van der Waals surface area contributed by atoms with Crippen LogP contribution in [-0.2, 0) is 5.54 Å². The van der Waals surface area contributed by atoms with Crippen molar-refractivity contribution in [3.05, 3.63) is 41.4 Å². The Hall–Kier alpha value is -1.46. The molecule has 0 amide bonds. The molecule has 5 heteroatoms. The van der Waals surface area contributed by atoms with E-state index in [1.54, 1.807) is 5.51 Å². The Balaban J connectivity index is 2.26. The van der Waals surface area contributed by atoms with Crippen LogP contribution in [-0.4, -0.2) is 16.7 Å². The van der Waals surface area contributed by atoms with E-state index in [0.29, 0.717) is 6.54 Å². The zero-order valence-corrected chi connectivity index (χ0v) is 9.87. The van der Waals surface area contributed by atoms with Crippen molar-refractivity contribution in [2.24, 2.45) is 5.73 Å². The lowest BCUT2D eigenvalue weighted by molar-refractivity contribution is 0.555. The second-order valence-electron chi connectivity index (χ2n) is 3.77. The van der Waals surface area contributed by atoms with Crippen LogP contribution in [0.2, 0.25) is 0 Å². The highest BCUT2D eigenvalue weighted by atomic mass is 32.1. The first-order valence-corrected chi connectivity index (χ1v) is 5.92. The molecule has 1 heterocycles. The molecule has 0 saturated heterocycles. The van der Waals surface area contributed by atoms with Gasteiger partial charge in [-0.15, -0.1) is 10.2 Å². The first kappa shape index (κ1) is 11.0. The fraction of sp³-hybridized carbons (Fsp3) is 0.273. The molecule has 1 aromatic carbocycles. The number of benzene rings is 1. The van der Waals surface area contributed by atoms with Gasteiger partial charge in [0.15, 0.2) is 0 Å². The Morgan fingerprint density at radius 3 is 2.69 bits per heavy atom. The molecular formula is C11H14N4S. The summed E-state index contributed by atoms with van der Waals surface area (Å²) in [7, 11) is 0. The molecule has 2 aromatic rings. The van der Waals surface area contributed by atoms with E-state index in [9.17, 15) is 0 Å². The SMILES string of the molecule is CC(CN)(Nc1nncs1)c1ccccc1. The third-order valence-corrected chi connectivity index (χ3v) is 3.17. The van der Waals surface area contributed by atoms with Gasteiger partial charge in [-0.05, 0) is 12.5 Å². The first-order chi connectivity index (χ1) is 7.74. The van der Waals surface area contributed by atoms with Gasteiger partial charge in [0.1, 0.15) is 5.51 Å². The van der Waals surface area contributed by atoms with E-state index in [2.05, 4.69) is 34.6 Å². The zero-order chi connectivity index (χ0) is 11.4. The van der Waals surface area contributed by atoms with Gasteiger partial charge in [0.05, 0.1) is 5.54 Å². The molecular weight excluding hydrogens is 220 g/mol. The highest BCUT2D eigenvalue weighted by Crippen LogP contribution is 2.25. The fourth-order valence-corrected chi connectivity index (χ4v) is 2.08. The van der Waals surface area contributed by atoms with Crippen LogP contribution in [0.15, 0.2) is 35.8 Å². The summed E-state index contributed by atoms with van der Waals surface area (Å²) in [6, 6.07) is 10.1. The van der Waals surface area contributed by atoms with Crippen LogP contribution < -0.4 is 11.1 Å². The van der Waals surface area contributed by atoms with E-state index in [1.165, 1.54) is 11.3 Å². The standard InChI is InChI=1S/C11H14N4S/c1-11(7-12,9-5-3-2-4-6-9)14-10-15-13-8-16-10/h2-6,8H,7,12H2,1H3,(H,14,15). The van der Waals surface area contributed by atoms with E-state index in [1.807, 2.05) is 18.2 Å². The molecule has 84 valence electrons. The van der Waals surface area contributed by atoms with Gasteiger partial charge in [0.2, 0.25) is 5.13 Å². The van der Waals surface area contributed by atoms with Gasteiger partial charge in [-0.3, -0.25) is 0 Å². The van der Waals surface area contributed by atoms with Crippen LogP contribution in [0.4, 0.5) is 5.13 Å². The summed E-state index contributed by atoms with van der Waals surface area (Å²) in [5, 5.41) is 11.9. The Bertz CT molecular complexity index is 429. The van der Waals surface area contributed by atoms with Crippen molar-refractivity contribution < 1.29 is 0 Å². The highest BCUT2D eigenvalue weighted by molar-refractivity contribution is 7.13. The van der Waals surface area contributed by atoms with Gasteiger partial charge in [-0.1, -0.05) is 41.7 Å². The van der Waals surface area contributed by atoms with Crippen molar-refractivity contribution in [2.45, 2.75) is 12.5 Å². The molecule has 4 nitrogen and oxygen atoms in total. The van der Waals surface area contributed by atoms with Crippen molar-refractivity contribution in [3.8, 4) is 0 Å². The fourth-order valence-electron chi connectivity index (χ4n) is 1.51. The average molecular weight is 234 g/mol. The van der Waals surface area contributed by atoms with E-state index in [-0.39, 0.29) is 5.54 Å². The minimum Gasteiger partial charge on any atom is -0.350 e. The molecule has 1 aromatic heterocycles. The summed E-state index contributed by atoms with van der Waals surface area (Å²) in [6.07, 6.45) is 0. The van der Waals surface area contributed by atoms with Gasteiger partial charge in [-0.25, -0.2) is 0 Å². The molecule has 0 spiro atoms. The summed E-state index contributed by atoms with van der Waals surface area (Å²) in [5.74, 6) is 0. The van der Waals surface area contributed by atoms with Crippen LogP contribution in [0.1, 0.15) is 12.5 Å². The summed E-state index contributed by atoms with van der Waals surface area (Å²) < 4.78 is 0. The zero-order valence-electron chi connectivity index (χ0n) is 9.05. The monoisotopic (exact) mass is 234 g/mol. The molecule has 3 N–H and O–H groups in total. The molecule has 1 unspecified atom stereocenters. The van der Waals surface area contributed by atoms with Crippen LogP contribution in [0.3, 0.4) is 0 Å². The molecule has 16 heavy (non-hydrogen) atoms. The molecule has 0 bridgehead atoms. The number of rotatable bonds is 4. The van der Waals surface area contributed by atoms with Crippen molar-refractivity contribution in [1.29, 1.82) is 0 Å². The summed E-state index contributed by atoms with van der Waals surface area (Å²) >= 11 is 1.47. The molecule has 0 radical (unpaired) electrons. The largest absolute Gasteiger partial charge is 0.350 e. The Kier molecular flexibility index (Phi) is 3.17. The number of nitrogens with two attached hydrogens (primary N) is 1. The Morgan fingerprint density at radius 2 is 2.12 bits per heavy atom. The maximum absolute atomic E-state index is 5.85. The molecule has 0 fully saturated rings. The number of hydrogen-bond acceptors (Lipinski definition) is 5. The van der Waals surface area contributed by atoms with E-state index in [4.69, 9.17) is 5.73 Å². The molecule has 0 aliphatic heterocycles. The number of nitrogens with one attached hydrogen (secondary N) is 1. The molecule has 0 saturated carbocycles. The van der Waals surface area contributed by atoms with Crippen molar-refractivity contribution in [3.63, 3.8) is 0 Å². The summed E-state index contributed by atoms with van der Waals surface area (Å²) in [6.45, 7) is 2.56. The summed E-state index contributed by atoms with van der Waals surface area (Å²) in [4.78, 5) is 0. The summed E-state index contributed by atoms with van der Waals surface area (Å²) in [5.41, 5.74) is 8.39. The quantitative estimate of drug-likeness (QED) is 0.847. The van der Waals surface area contributed by atoms with Crippen LogP contribution in [0.25, 0.3) is 0 Å². The second-order valence-corrected chi connectivity index (χ2v) is 4.60. The number of anilines is 1. The third kappa shape index (κ3) is 2.20. The number of nitrogens with zero attached hydrogens (tertiary/aromatic N) is 2. The lowest BCUT2D eigenvalue weighted by Gasteiger charge is -2.29. The van der Waals surface area contributed by atoms with Crippen molar-refractivity contribution in [2.75, 3.05) is 11.9 Å². The predicted molar refractivity (Wildman–Crippen MR) is 66.4 cm³/mol. The first-order valence-electron chi connectivity index (χ1n) is 5.04. The van der Waals surface area contributed by atoms with Crippen LogP contribution in [0, 0.1) is 0 Å². The second kappa shape index (κ2) is 4.59. The van der Waals surface area contributed by atoms with E-state index >= 15 is 0 Å². The normalized spacial score (nSPS) is 14.4. The average Bonchev–Trinajstić information content (AvgIpc) is 2.83. The minimum absolute atomic E-state index is 0.305. The van der Waals surface area contributed by atoms with Gasteiger partial charge >= 0.3 is 0 Å². The number of hydrogen-bond donors (Lipinski definition) is 2. The maximum Gasteiger partial charge on any atom is 0.206 e. The minimum atomic E-state index is -0.305. The van der Waals surface area contributed by atoms with Crippen LogP contribution in [0.5, 0.6) is 0 Å². The van der Waals surface area contributed by atoms with E-state index < -0.39 is 0 Å². The van der Waals surface area contributed by atoms with Gasteiger partial charge < -0.3 is 11.1 Å². The Labute approximate surface area is 98.5 Å². The lowest BCUT2D eigenvalue weighted by Crippen LogP contribution is -2.39. The molecule has 1 atom stereocenters.